The third-order valence-electron chi connectivity index (χ3n) is 1.32. The number of nitrogens with two attached hydrogens (primary N) is 1. The van der Waals surface area contributed by atoms with Crippen molar-refractivity contribution in [2.24, 2.45) is 5.73 Å². The van der Waals surface area contributed by atoms with E-state index in [2.05, 4.69) is 0 Å². The van der Waals surface area contributed by atoms with E-state index in [1.165, 1.54) is 0 Å². The summed E-state index contributed by atoms with van der Waals surface area (Å²) in [6, 6.07) is -0.733. The number of aliphatic hydroxyl groups excluding tert-OH is 1. The first-order valence-electron chi connectivity index (χ1n) is 4.02. The monoisotopic (exact) mass is 225 g/mol. The molecule has 0 aliphatic heterocycles. The van der Waals surface area contributed by atoms with Crippen molar-refractivity contribution >= 4 is 27.6 Å². The second-order valence-electron chi connectivity index (χ2n) is 2.45. The molecule has 0 rings (SSSR count). The van der Waals surface area contributed by atoms with Crippen LogP contribution >= 0.6 is 21.6 Å². The van der Waals surface area contributed by atoms with Gasteiger partial charge in [-0.3, -0.25) is 4.79 Å². The Bertz CT molecular complexity index is 146. The van der Waals surface area contributed by atoms with Gasteiger partial charge < -0.3 is 15.9 Å². The molecule has 4 nitrogen and oxygen atoms in total. The van der Waals surface area contributed by atoms with Crippen molar-refractivity contribution in [3.05, 3.63) is 0 Å². The number of aliphatic hydroxyl groups is 1. The van der Waals surface area contributed by atoms with E-state index in [1.54, 1.807) is 21.6 Å². The summed E-state index contributed by atoms with van der Waals surface area (Å²) in [5, 5.41) is 16.9. The lowest BCUT2D eigenvalue weighted by molar-refractivity contribution is -0.138. The van der Waals surface area contributed by atoms with Crippen LogP contribution in [0.3, 0.4) is 0 Å². The third kappa shape index (κ3) is 8.42. The lowest BCUT2D eigenvalue weighted by atomic mass is 10.2. The summed E-state index contributed by atoms with van der Waals surface area (Å²) in [6.07, 6.45) is 1.32. The zero-order valence-corrected chi connectivity index (χ0v) is 8.94. The van der Waals surface area contributed by atoms with E-state index in [1.807, 2.05) is 0 Å². The highest BCUT2D eigenvalue weighted by Crippen LogP contribution is 2.21. The van der Waals surface area contributed by atoms with Crippen LogP contribution in [0.2, 0.25) is 0 Å². The molecule has 0 aliphatic carbocycles. The Balaban J connectivity index is 3.11. The Labute approximate surface area is 85.7 Å². The van der Waals surface area contributed by atoms with E-state index >= 15 is 0 Å². The smallest absolute Gasteiger partial charge is 0.320 e. The Hall–Kier alpha value is 0.0900. The van der Waals surface area contributed by atoms with Crippen molar-refractivity contribution < 1.29 is 15.0 Å². The first kappa shape index (κ1) is 13.1. The topological polar surface area (TPSA) is 83.5 Å². The number of carboxylic acid groups (broad SMARTS) is 1. The Morgan fingerprint density at radius 1 is 1.38 bits per heavy atom. The fourth-order valence-electron chi connectivity index (χ4n) is 0.641. The maximum absolute atomic E-state index is 10.3. The van der Waals surface area contributed by atoms with Gasteiger partial charge in [-0.1, -0.05) is 21.6 Å². The molecule has 0 saturated carbocycles. The van der Waals surface area contributed by atoms with Crippen molar-refractivity contribution in [1.29, 1.82) is 0 Å². The van der Waals surface area contributed by atoms with Gasteiger partial charge in [0.05, 0.1) is 6.61 Å². The van der Waals surface area contributed by atoms with E-state index in [0.717, 1.165) is 17.9 Å². The third-order valence-corrected chi connectivity index (χ3v) is 3.79. The second-order valence-corrected chi connectivity index (χ2v) is 5.16. The van der Waals surface area contributed by atoms with E-state index in [-0.39, 0.29) is 6.61 Å². The molecular weight excluding hydrogens is 210 g/mol. The minimum absolute atomic E-state index is 0.187. The molecule has 6 heteroatoms. The molecule has 0 fully saturated rings. The quantitative estimate of drug-likeness (QED) is 0.413. The summed E-state index contributed by atoms with van der Waals surface area (Å²) in [6.45, 7) is 0.187. The summed E-state index contributed by atoms with van der Waals surface area (Å²) in [7, 11) is 3.23. The fraction of sp³-hybridized carbons (Fsp3) is 0.857. The summed E-state index contributed by atoms with van der Waals surface area (Å²) < 4.78 is 0. The van der Waals surface area contributed by atoms with Gasteiger partial charge in [-0.2, -0.15) is 0 Å². The molecule has 0 radical (unpaired) electrons. The molecule has 1 atom stereocenters. The summed E-state index contributed by atoms with van der Waals surface area (Å²) >= 11 is 0. The lowest BCUT2D eigenvalue weighted by Crippen LogP contribution is -2.29. The minimum Gasteiger partial charge on any atom is -0.480 e. The van der Waals surface area contributed by atoms with Gasteiger partial charge >= 0.3 is 5.97 Å². The van der Waals surface area contributed by atoms with Crippen LogP contribution in [0.1, 0.15) is 12.8 Å². The predicted octanol–water partition coefficient (Wildman–Crippen LogP) is 0.552. The average molecular weight is 225 g/mol. The zero-order chi connectivity index (χ0) is 10.1. The van der Waals surface area contributed by atoms with Crippen LogP contribution in [0.5, 0.6) is 0 Å². The maximum Gasteiger partial charge on any atom is 0.320 e. The van der Waals surface area contributed by atoms with Gasteiger partial charge in [0.2, 0.25) is 0 Å². The largest absolute Gasteiger partial charge is 0.480 e. The predicted molar refractivity (Wildman–Crippen MR) is 56.8 cm³/mol. The average Bonchev–Trinajstić information content (AvgIpc) is 2.10. The van der Waals surface area contributed by atoms with Crippen molar-refractivity contribution in [3.63, 3.8) is 0 Å². The van der Waals surface area contributed by atoms with Crippen LogP contribution in [-0.2, 0) is 4.79 Å². The zero-order valence-electron chi connectivity index (χ0n) is 7.31. The van der Waals surface area contributed by atoms with Crippen molar-refractivity contribution in [2.45, 2.75) is 18.9 Å². The molecule has 0 amide bonds. The van der Waals surface area contributed by atoms with Gasteiger partial charge in [0.1, 0.15) is 6.04 Å². The normalized spacial score (nSPS) is 12.8. The molecule has 0 heterocycles. The Kier molecular flexibility index (Phi) is 8.74. The van der Waals surface area contributed by atoms with Crippen molar-refractivity contribution in [1.82, 2.24) is 0 Å². The highest BCUT2D eigenvalue weighted by molar-refractivity contribution is 8.76. The van der Waals surface area contributed by atoms with Crippen molar-refractivity contribution in [3.8, 4) is 0 Å². The summed E-state index contributed by atoms with van der Waals surface area (Å²) in [5.74, 6) is 0.661. The van der Waals surface area contributed by atoms with Crippen LogP contribution in [0.15, 0.2) is 0 Å². The van der Waals surface area contributed by atoms with Gasteiger partial charge in [-0.15, -0.1) is 0 Å². The lowest BCUT2D eigenvalue weighted by Gasteiger charge is -2.04. The summed E-state index contributed by atoms with van der Waals surface area (Å²) in [4.78, 5) is 10.3. The SMILES string of the molecule is N[C@@H](CCCSSCCO)C(=O)O. The summed E-state index contributed by atoms with van der Waals surface area (Å²) in [5.41, 5.74) is 5.30. The molecule has 4 N–H and O–H groups in total. The van der Waals surface area contributed by atoms with E-state index in [9.17, 15) is 4.79 Å². The highest BCUT2D eigenvalue weighted by atomic mass is 33.1. The molecule has 13 heavy (non-hydrogen) atoms. The fourth-order valence-corrected chi connectivity index (χ4v) is 2.52. The first-order valence-corrected chi connectivity index (χ1v) is 6.51. The van der Waals surface area contributed by atoms with Crippen LogP contribution in [0.4, 0.5) is 0 Å². The number of hydrogen-bond acceptors (Lipinski definition) is 5. The molecule has 0 bridgehead atoms. The molecule has 0 aliphatic rings. The van der Waals surface area contributed by atoms with Gasteiger partial charge in [-0.05, 0) is 12.8 Å². The molecule has 0 unspecified atom stereocenters. The molecule has 0 spiro atoms. The number of carbonyl (C=O) groups is 1. The van der Waals surface area contributed by atoms with E-state index in [4.69, 9.17) is 15.9 Å². The Morgan fingerprint density at radius 2 is 2.00 bits per heavy atom. The van der Waals surface area contributed by atoms with Crippen LogP contribution in [-0.4, -0.2) is 40.3 Å². The first-order chi connectivity index (χ1) is 6.18. The number of aliphatic carboxylic acids is 1. The molecule has 78 valence electrons. The minimum atomic E-state index is -0.937. The molecule has 0 aromatic rings. The van der Waals surface area contributed by atoms with Crippen LogP contribution in [0, 0.1) is 0 Å². The molecule has 0 saturated heterocycles. The van der Waals surface area contributed by atoms with Crippen molar-refractivity contribution in [2.75, 3.05) is 18.1 Å². The second kappa shape index (κ2) is 8.68. The molecule has 0 aromatic carbocycles. The highest BCUT2D eigenvalue weighted by Gasteiger charge is 2.09. The van der Waals surface area contributed by atoms with Gasteiger partial charge in [0.25, 0.3) is 0 Å². The van der Waals surface area contributed by atoms with Gasteiger partial charge in [-0.25, -0.2) is 0 Å². The van der Waals surface area contributed by atoms with Crippen LogP contribution in [0.25, 0.3) is 0 Å². The number of rotatable bonds is 8. The van der Waals surface area contributed by atoms with E-state index < -0.39 is 12.0 Å². The maximum atomic E-state index is 10.3. The molecule has 0 aromatic heterocycles. The van der Waals surface area contributed by atoms with Gasteiger partial charge in [0.15, 0.2) is 0 Å². The van der Waals surface area contributed by atoms with Crippen LogP contribution < -0.4 is 5.73 Å². The molecular formula is C7H15NO3S2. The number of carboxylic acids is 1. The Morgan fingerprint density at radius 3 is 2.54 bits per heavy atom. The standard InChI is InChI=1S/C7H15NO3S2/c8-6(7(10)11)2-1-4-12-13-5-3-9/h6,9H,1-5,8H2,(H,10,11)/t6-/m0/s1. The number of hydrogen-bond donors (Lipinski definition) is 3. The van der Waals surface area contributed by atoms with E-state index in [0.29, 0.717) is 6.42 Å². The van der Waals surface area contributed by atoms with Gasteiger partial charge in [0, 0.05) is 11.5 Å².